The second-order valence-corrected chi connectivity index (χ2v) is 8.97. The normalized spacial score (nSPS) is 16.0. The van der Waals surface area contributed by atoms with E-state index in [1.807, 2.05) is 54.6 Å². The zero-order valence-corrected chi connectivity index (χ0v) is 19.2. The van der Waals surface area contributed by atoms with Crippen LogP contribution in [-0.2, 0) is 16.0 Å². The van der Waals surface area contributed by atoms with Crippen LogP contribution in [0, 0.1) is 5.92 Å². The van der Waals surface area contributed by atoms with Gasteiger partial charge in [0, 0.05) is 11.8 Å². The Hall–Kier alpha value is -3.60. The van der Waals surface area contributed by atoms with Gasteiger partial charge in [-0.15, -0.1) is 0 Å². The Balaban J connectivity index is 1.59. The number of rotatable bonds is 10. The SMILES string of the molecule is NC(=O)C(CCC(c1ccccc1)c1ccccc1)C1CCCc2c(OCC(=O)O)cccc21. The highest BCUT2D eigenvalue weighted by atomic mass is 16.5. The summed E-state index contributed by atoms with van der Waals surface area (Å²) >= 11 is 0. The molecule has 2 unspecified atom stereocenters. The second kappa shape index (κ2) is 11.0. The van der Waals surface area contributed by atoms with E-state index in [2.05, 4.69) is 24.3 Å². The highest BCUT2D eigenvalue weighted by Gasteiger charge is 2.33. The standard InChI is InChI=1S/C29H31NO4/c30-29(33)26(18-17-22(20-9-3-1-4-10-20)21-11-5-2-6-12-21)24-13-7-15-25-23(24)14-8-16-27(25)34-19-28(31)32/h1-6,8-12,14,16,22,24,26H,7,13,15,17-19H2,(H2,30,33)(H,31,32). The van der Waals surface area contributed by atoms with Crippen LogP contribution in [0.3, 0.4) is 0 Å². The number of hydrogen-bond donors (Lipinski definition) is 2. The molecule has 5 heteroatoms. The van der Waals surface area contributed by atoms with Crippen LogP contribution in [-0.4, -0.2) is 23.6 Å². The number of carboxylic acid groups (broad SMARTS) is 1. The number of amides is 1. The number of primary amides is 1. The molecule has 3 aromatic carbocycles. The molecule has 34 heavy (non-hydrogen) atoms. The fourth-order valence-corrected chi connectivity index (χ4v) is 5.33. The van der Waals surface area contributed by atoms with Gasteiger partial charge in [-0.1, -0.05) is 72.8 Å². The first-order valence-corrected chi connectivity index (χ1v) is 11.9. The van der Waals surface area contributed by atoms with Gasteiger partial charge in [0.1, 0.15) is 5.75 Å². The molecule has 0 heterocycles. The molecule has 3 N–H and O–H groups in total. The molecule has 5 nitrogen and oxygen atoms in total. The number of carbonyl (C=O) groups excluding carboxylic acids is 1. The average Bonchev–Trinajstić information content (AvgIpc) is 2.86. The molecule has 1 aliphatic carbocycles. The lowest BCUT2D eigenvalue weighted by Gasteiger charge is -2.32. The van der Waals surface area contributed by atoms with Crippen molar-refractivity contribution in [2.45, 2.75) is 43.9 Å². The minimum atomic E-state index is -1.01. The first-order chi connectivity index (χ1) is 16.5. The summed E-state index contributed by atoms with van der Waals surface area (Å²) in [6.07, 6.45) is 4.08. The molecule has 1 amide bonds. The molecule has 0 aliphatic heterocycles. The van der Waals surface area contributed by atoms with Gasteiger partial charge in [0.2, 0.25) is 5.91 Å². The van der Waals surface area contributed by atoms with Crippen LogP contribution in [0.1, 0.15) is 59.8 Å². The number of hydrogen-bond acceptors (Lipinski definition) is 3. The Kier molecular flexibility index (Phi) is 7.63. The Bertz CT molecular complexity index is 1070. The van der Waals surface area contributed by atoms with Crippen molar-refractivity contribution in [3.05, 3.63) is 101 Å². The van der Waals surface area contributed by atoms with Gasteiger partial charge in [-0.2, -0.15) is 0 Å². The van der Waals surface area contributed by atoms with Gasteiger partial charge in [0.15, 0.2) is 6.61 Å². The summed E-state index contributed by atoms with van der Waals surface area (Å²) in [6.45, 7) is -0.379. The molecule has 1 aliphatic rings. The lowest BCUT2D eigenvalue weighted by Crippen LogP contribution is -2.31. The predicted molar refractivity (Wildman–Crippen MR) is 132 cm³/mol. The van der Waals surface area contributed by atoms with Gasteiger partial charge in [0.25, 0.3) is 0 Å². The van der Waals surface area contributed by atoms with E-state index in [1.165, 1.54) is 11.1 Å². The molecule has 0 aromatic heterocycles. The van der Waals surface area contributed by atoms with Gasteiger partial charge in [-0.3, -0.25) is 4.79 Å². The number of benzene rings is 3. The lowest BCUT2D eigenvalue weighted by atomic mass is 9.72. The van der Waals surface area contributed by atoms with Crippen LogP contribution in [0.4, 0.5) is 0 Å². The summed E-state index contributed by atoms with van der Waals surface area (Å²) < 4.78 is 5.55. The van der Waals surface area contributed by atoms with E-state index in [4.69, 9.17) is 15.6 Å². The van der Waals surface area contributed by atoms with E-state index in [1.54, 1.807) is 0 Å². The summed E-state index contributed by atoms with van der Waals surface area (Å²) in [5.74, 6) is -0.815. The third kappa shape index (κ3) is 5.48. The van der Waals surface area contributed by atoms with Crippen molar-refractivity contribution >= 4 is 11.9 Å². The molecule has 0 fully saturated rings. The number of carboxylic acids is 1. The summed E-state index contributed by atoms with van der Waals surface area (Å²) in [4.78, 5) is 23.7. The molecule has 0 radical (unpaired) electrons. The van der Waals surface area contributed by atoms with Crippen LogP contribution in [0.25, 0.3) is 0 Å². The molecule has 2 atom stereocenters. The zero-order chi connectivity index (χ0) is 23.9. The molecule has 0 bridgehead atoms. The van der Waals surface area contributed by atoms with Crippen molar-refractivity contribution in [1.29, 1.82) is 0 Å². The average molecular weight is 458 g/mol. The Morgan fingerprint density at radius 1 is 0.912 bits per heavy atom. The van der Waals surface area contributed by atoms with Crippen molar-refractivity contribution < 1.29 is 19.4 Å². The van der Waals surface area contributed by atoms with Gasteiger partial charge >= 0.3 is 5.97 Å². The Morgan fingerprint density at radius 3 is 2.15 bits per heavy atom. The van der Waals surface area contributed by atoms with E-state index in [0.717, 1.165) is 36.8 Å². The van der Waals surface area contributed by atoms with Crippen LogP contribution in [0.5, 0.6) is 5.75 Å². The van der Waals surface area contributed by atoms with Crippen LogP contribution in [0.2, 0.25) is 0 Å². The fourth-order valence-electron chi connectivity index (χ4n) is 5.33. The monoisotopic (exact) mass is 457 g/mol. The molecule has 176 valence electrons. The largest absolute Gasteiger partial charge is 0.482 e. The smallest absolute Gasteiger partial charge is 0.341 e. The molecule has 0 saturated heterocycles. The van der Waals surface area contributed by atoms with E-state index in [-0.39, 0.29) is 30.3 Å². The first-order valence-electron chi connectivity index (χ1n) is 11.9. The van der Waals surface area contributed by atoms with Crippen molar-refractivity contribution in [2.24, 2.45) is 11.7 Å². The van der Waals surface area contributed by atoms with Crippen molar-refractivity contribution in [1.82, 2.24) is 0 Å². The van der Waals surface area contributed by atoms with Crippen molar-refractivity contribution in [3.63, 3.8) is 0 Å². The van der Waals surface area contributed by atoms with E-state index < -0.39 is 5.97 Å². The summed E-state index contributed by atoms with van der Waals surface area (Å²) in [5, 5.41) is 9.02. The number of carbonyl (C=O) groups is 2. The fraction of sp³-hybridized carbons (Fsp3) is 0.310. The molecule has 0 saturated carbocycles. The summed E-state index contributed by atoms with van der Waals surface area (Å²) in [7, 11) is 0. The Labute approximate surface area is 200 Å². The van der Waals surface area contributed by atoms with E-state index in [9.17, 15) is 9.59 Å². The van der Waals surface area contributed by atoms with Gasteiger partial charge in [-0.25, -0.2) is 4.79 Å². The highest BCUT2D eigenvalue weighted by molar-refractivity contribution is 5.78. The molecule has 0 spiro atoms. The van der Waals surface area contributed by atoms with Gasteiger partial charge in [-0.05, 0) is 66.3 Å². The molecular weight excluding hydrogens is 426 g/mol. The third-order valence-electron chi connectivity index (χ3n) is 6.88. The van der Waals surface area contributed by atoms with Crippen molar-refractivity contribution in [2.75, 3.05) is 6.61 Å². The van der Waals surface area contributed by atoms with Crippen LogP contribution < -0.4 is 10.5 Å². The molecular formula is C29H31NO4. The number of nitrogens with two attached hydrogens (primary N) is 1. The molecule has 4 rings (SSSR count). The van der Waals surface area contributed by atoms with Crippen LogP contribution >= 0.6 is 0 Å². The number of ether oxygens (including phenoxy) is 1. The Morgan fingerprint density at radius 2 is 1.56 bits per heavy atom. The van der Waals surface area contributed by atoms with E-state index in [0.29, 0.717) is 12.2 Å². The summed E-state index contributed by atoms with van der Waals surface area (Å²) in [5.41, 5.74) is 10.5. The number of aliphatic carboxylic acids is 1. The van der Waals surface area contributed by atoms with Crippen molar-refractivity contribution in [3.8, 4) is 5.75 Å². The third-order valence-corrected chi connectivity index (χ3v) is 6.88. The van der Waals surface area contributed by atoms with Crippen LogP contribution in [0.15, 0.2) is 78.9 Å². The molecule has 3 aromatic rings. The maximum absolute atomic E-state index is 12.7. The number of fused-ring (bicyclic) bond motifs is 1. The lowest BCUT2D eigenvalue weighted by molar-refractivity contribution is -0.139. The predicted octanol–water partition coefficient (Wildman–Crippen LogP) is 5.28. The second-order valence-electron chi connectivity index (χ2n) is 8.97. The van der Waals surface area contributed by atoms with E-state index >= 15 is 0 Å². The minimum Gasteiger partial charge on any atom is -0.482 e. The zero-order valence-electron chi connectivity index (χ0n) is 19.2. The quantitative estimate of drug-likeness (QED) is 0.433. The maximum atomic E-state index is 12.7. The highest BCUT2D eigenvalue weighted by Crippen LogP contribution is 2.43. The maximum Gasteiger partial charge on any atom is 0.341 e. The van der Waals surface area contributed by atoms with Gasteiger partial charge in [0.05, 0.1) is 0 Å². The minimum absolute atomic E-state index is 0.00169. The first kappa shape index (κ1) is 23.6. The topological polar surface area (TPSA) is 89.6 Å². The van der Waals surface area contributed by atoms with Gasteiger partial charge < -0.3 is 15.6 Å². The summed E-state index contributed by atoms with van der Waals surface area (Å²) in [6, 6.07) is 26.5.